The summed E-state index contributed by atoms with van der Waals surface area (Å²) in [6.07, 6.45) is 5.01. The Hall–Kier alpha value is -1.29. The van der Waals surface area contributed by atoms with Gasteiger partial charge < -0.3 is 15.2 Å². The van der Waals surface area contributed by atoms with E-state index in [-0.39, 0.29) is 35.1 Å². The number of rotatable bonds is 10. The molecule has 0 atom stereocenters. The molecule has 1 heterocycles. The fraction of sp³-hybridized carbons (Fsp3) is 0.571. The standard InChI is InChI=1S/C21H34N4O2S.HI/c1-5-22-20(24-17-21(2,3)12-16-28(4,26)27)23-13-8-14-25-15-11-18-9-6-7-10-19(18)25;/h6-7,9-11,15H,5,8,12-14,16-17H2,1-4H3,(H2,22,23,24);1H. The van der Waals surface area contributed by atoms with Crippen LogP contribution in [0.15, 0.2) is 41.5 Å². The van der Waals surface area contributed by atoms with Gasteiger partial charge in [-0.3, -0.25) is 4.99 Å². The van der Waals surface area contributed by atoms with Gasteiger partial charge in [-0.2, -0.15) is 0 Å². The number of nitrogens with zero attached hydrogens (tertiary/aromatic N) is 2. The maximum absolute atomic E-state index is 11.4. The van der Waals surface area contributed by atoms with Crippen LogP contribution in [-0.4, -0.2) is 50.6 Å². The first kappa shape index (κ1) is 25.7. The second-order valence-electron chi connectivity index (χ2n) is 8.09. The lowest BCUT2D eigenvalue weighted by atomic mass is 9.90. The fourth-order valence-electron chi connectivity index (χ4n) is 2.97. The monoisotopic (exact) mass is 534 g/mol. The highest BCUT2D eigenvalue weighted by Crippen LogP contribution is 2.21. The van der Waals surface area contributed by atoms with Crippen LogP contribution < -0.4 is 10.6 Å². The number of halogens is 1. The zero-order chi connectivity index (χ0) is 20.6. The van der Waals surface area contributed by atoms with Gasteiger partial charge in [-0.15, -0.1) is 24.0 Å². The molecule has 0 bridgehead atoms. The maximum atomic E-state index is 11.4. The van der Waals surface area contributed by atoms with Crippen LogP contribution in [0.5, 0.6) is 0 Å². The Morgan fingerprint density at radius 1 is 1.17 bits per heavy atom. The predicted octanol–water partition coefficient (Wildman–Crippen LogP) is 3.67. The zero-order valence-corrected chi connectivity index (χ0v) is 21.1. The smallest absolute Gasteiger partial charge is 0.191 e. The van der Waals surface area contributed by atoms with Crippen LogP contribution in [-0.2, 0) is 16.4 Å². The molecule has 0 saturated carbocycles. The molecular formula is C21H35IN4O2S. The molecule has 0 saturated heterocycles. The van der Waals surface area contributed by atoms with E-state index in [1.165, 1.54) is 17.2 Å². The van der Waals surface area contributed by atoms with Gasteiger partial charge in [0.2, 0.25) is 0 Å². The van der Waals surface area contributed by atoms with Crippen molar-refractivity contribution in [3.8, 4) is 0 Å². The molecule has 29 heavy (non-hydrogen) atoms. The van der Waals surface area contributed by atoms with E-state index in [4.69, 9.17) is 0 Å². The zero-order valence-electron chi connectivity index (χ0n) is 17.9. The molecule has 2 aromatic rings. The van der Waals surface area contributed by atoms with E-state index < -0.39 is 9.84 Å². The average Bonchev–Trinajstić information content (AvgIpc) is 3.04. The SMILES string of the molecule is CCNC(=NCC(C)(C)CCS(C)(=O)=O)NCCCn1ccc2ccccc21.I. The minimum Gasteiger partial charge on any atom is -0.357 e. The molecule has 6 nitrogen and oxygen atoms in total. The molecule has 164 valence electrons. The minimum absolute atomic E-state index is 0. The highest BCUT2D eigenvalue weighted by molar-refractivity contribution is 14.0. The maximum Gasteiger partial charge on any atom is 0.191 e. The van der Waals surface area contributed by atoms with E-state index in [2.05, 4.69) is 70.6 Å². The topological polar surface area (TPSA) is 75.5 Å². The number of guanidine groups is 1. The van der Waals surface area contributed by atoms with Crippen molar-refractivity contribution in [3.63, 3.8) is 0 Å². The van der Waals surface area contributed by atoms with Gasteiger partial charge in [-0.05, 0) is 42.7 Å². The molecule has 0 radical (unpaired) electrons. The summed E-state index contributed by atoms with van der Waals surface area (Å²) in [6.45, 7) is 9.29. The first-order valence-corrected chi connectivity index (χ1v) is 12.0. The Kier molecular flexibility index (Phi) is 10.5. The molecule has 8 heteroatoms. The van der Waals surface area contributed by atoms with Gasteiger partial charge in [0.15, 0.2) is 5.96 Å². The Balaban J connectivity index is 0.00000420. The largest absolute Gasteiger partial charge is 0.357 e. The third-order valence-electron chi connectivity index (χ3n) is 4.71. The van der Waals surface area contributed by atoms with Crippen LogP contribution in [0.1, 0.15) is 33.6 Å². The van der Waals surface area contributed by atoms with E-state index in [0.29, 0.717) is 13.0 Å². The van der Waals surface area contributed by atoms with Crippen LogP contribution in [0, 0.1) is 5.41 Å². The fourth-order valence-corrected chi connectivity index (χ4v) is 3.89. The molecule has 0 aliphatic heterocycles. The van der Waals surface area contributed by atoms with Crippen molar-refractivity contribution in [2.75, 3.05) is 31.6 Å². The Bertz CT molecular complexity index is 891. The number of hydrogen-bond donors (Lipinski definition) is 2. The molecule has 0 amide bonds. The number of para-hydroxylation sites is 1. The number of nitrogens with one attached hydrogen (secondary N) is 2. The van der Waals surface area contributed by atoms with Gasteiger partial charge >= 0.3 is 0 Å². The summed E-state index contributed by atoms with van der Waals surface area (Å²) in [4.78, 5) is 4.66. The summed E-state index contributed by atoms with van der Waals surface area (Å²) in [6, 6.07) is 10.6. The first-order valence-electron chi connectivity index (χ1n) is 9.94. The van der Waals surface area contributed by atoms with Crippen molar-refractivity contribution in [3.05, 3.63) is 36.5 Å². The van der Waals surface area contributed by atoms with Crippen molar-refractivity contribution in [1.82, 2.24) is 15.2 Å². The summed E-state index contributed by atoms with van der Waals surface area (Å²) in [7, 11) is -2.94. The van der Waals surface area contributed by atoms with Gasteiger partial charge in [0.1, 0.15) is 9.84 Å². The molecule has 1 aromatic carbocycles. The van der Waals surface area contributed by atoms with E-state index >= 15 is 0 Å². The molecule has 0 aliphatic carbocycles. The third kappa shape index (κ3) is 9.37. The molecule has 0 fully saturated rings. The number of aromatic nitrogens is 1. The van der Waals surface area contributed by atoms with Gasteiger partial charge in [0.25, 0.3) is 0 Å². The number of aliphatic imine (C=N–C) groups is 1. The van der Waals surface area contributed by atoms with Crippen LogP contribution in [0.25, 0.3) is 10.9 Å². The second-order valence-corrected chi connectivity index (χ2v) is 10.3. The summed E-state index contributed by atoms with van der Waals surface area (Å²) >= 11 is 0. The number of sulfone groups is 1. The van der Waals surface area contributed by atoms with Crippen molar-refractivity contribution >= 4 is 50.7 Å². The third-order valence-corrected chi connectivity index (χ3v) is 5.65. The quantitative estimate of drug-likeness (QED) is 0.211. The van der Waals surface area contributed by atoms with Gasteiger partial charge in [0.05, 0.1) is 5.75 Å². The average molecular weight is 535 g/mol. The van der Waals surface area contributed by atoms with E-state index in [0.717, 1.165) is 32.0 Å². The number of fused-ring (bicyclic) bond motifs is 1. The van der Waals surface area contributed by atoms with Crippen LogP contribution in [0.2, 0.25) is 0 Å². The summed E-state index contributed by atoms with van der Waals surface area (Å²) in [5, 5.41) is 7.91. The van der Waals surface area contributed by atoms with Crippen LogP contribution in [0.3, 0.4) is 0 Å². The molecule has 0 aliphatic rings. The molecular weight excluding hydrogens is 499 g/mol. The molecule has 1 aromatic heterocycles. The number of benzene rings is 1. The molecule has 2 N–H and O–H groups in total. The number of hydrogen-bond acceptors (Lipinski definition) is 3. The Labute approximate surface area is 192 Å². The van der Waals surface area contributed by atoms with Crippen molar-refractivity contribution in [2.45, 2.75) is 40.2 Å². The van der Waals surface area contributed by atoms with Crippen molar-refractivity contribution in [2.24, 2.45) is 10.4 Å². The van der Waals surface area contributed by atoms with Crippen LogP contribution >= 0.6 is 24.0 Å². The Morgan fingerprint density at radius 2 is 1.90 bits per heavy atom. The van der Waals surface area contributed by atoms with Crippen molar-refractivity contribution < 1.29 is 8.42 Å². The lowest BCUT2D eigenvalue weighted by Crippen LogP contribution is -2.39. The molecule has 2 rings (SSSR count). The lowest BCUT2D eigenvalue weighted by molar-refractivity contribution is 0.365. The van der Waals surface area contributed by atoms with Gasteiger partial charge in [0, 0.05) is 44.1 Å². The summed E-state index contributed by atoms with van der Waals surface area (Å²) < 4.78 is 25.1. The lowest BCUT2D eigenvalue weighted by Gasteiger charge is -2.22. The molecule has 0 spiro atoms. The number of aryl methyl sites for hydroxylation is 1. The van der Waals surface area contributed by atoms with E-state index in [1.807, 2.05) is 6.92 Å². The van der Waals surface area contributed by atoms with Gasteiger partial charge in [-0.25, -0.2) is 8.42 Å². The first-order chi connectivity index (χ1) is 13.2. The van der Waals surface area contributed by atoms with Gasteiger partial charge in [-0.1, -0.05) is 32.0 Å². The molecule has 0 unspecified atom stereocenters. The minimum atomic E-state index is -2.94. The Morgan fingerprint density at radius 3 is 2.59 bits per heavy atom. The summed E-state index contributed by atoms with van der Waals surface area (Å²) in [5.74, 6) is 0.983. The highest BCUT2D eigenvalue weighted by Gasteiger charge is 2.20. The van der Waals surface area contributed by atoms with Crippen LogP contribution in [0.4, 0.5) is 0 Å². The van der Waals surface area contributed by atoms with Crippen molar-refractivity contribution in [1.29, 1.82) is 0 Å². The highest BCUT2D eigenvalue weighted by atomic mass is 127. The van der Waals surface area contributed by atoms with E-state index in [1.54, 1.807) is 0 Å². The predicted molar refractivity (Wildman–Crippen MR) is 134 cm³/mol. The van der Waals surface area contributed by atoms with E-state index in [9.17, 15) is 8.42 Å². The second kappa shape index (κ2) is 11.8. The normalized spacial score (nSPS) is 12.6. The summed E-state index contributed by atoms with van der Waals surface area (Å²) in [5.41, 5.74) is 1.10.